The molecular formula is C12H19N5O3. The van der Waals surface area contributed by atoms with Crippen LogP contribution in [0.4, 0.5) is 5.82 Å². The van der Waals surface area contributed by atoms with Gasteiger partial charge < -0.3 is 15.4 Å². The third kappa shape index (κ3) is 3.47. The highest BCUT2D eigenvalue weighted by molar-refractivity contribution is 5.93. The van der Waals surface area contributed by atoms with Gasteiger partial charge in [-0.05, 0) is 0 Å². The summed E-state index contributed by atoms with van der Waals surface area (Å²) >= 11 is 0. The molecule has 1 aliphatic rings. The predicted octanol–water partition coefficient (Wildman–Crippen LogP) is -0.687. The third-order valence-corrected chi connectivity index (χ3v) is 3.35. The number of hydrogen-bond acceptors (Lipinski definition) is 6. The maximum absolute atomic E-state index is 12.1. The molecule has 8 nitrogen and oxygen atoms in total. The lowest BCUT2D eigenvalue weighted by molar-refractivity contribution is -0.141. The number of carbonyl (C=O) groups is 2. The molecule has 3 N–H and O–H groups in total. The van der Waals surface area contributed by atoms with Crippen molar-refractivity contribution < 1.29 is 14.3 Å². The van der Waals surface area contributed by atoms with E-state index in [2.05, 4.69) is 19.8 Å². The zero-order chi connectivity index (χ0) is 14.5. The molecule has 8 heteroatoms. The number of ether oxygens (including phenoxy) is 1. The van der Waals surface area contributed by atoms with Crippen molar-refractivity contribution in [3.05, 3.63) is 11.8 Å². The van der Waals surface area contributed by atoms with Crippen LogP contribution < -0.4 is 5.73 Å². The van der Waals surface area contributed by atoms with Gasteiger partial charge in [0.2, 0.25) is 0 Å². The number of nitrogens with two attached hydrogens (primary N) is 1. The number of aromatic amines is 1. The lowest BCUT2D eigenvalue weighted by Crippen LogP contribution is -2.49. The highest BCUT2D eigenvalue weighted by atomic mass is 16.5. The summed E-state index contributed by atoms with van der Waals surface area (Å²) in [5.41, 5.74) is 5.89. The first-order chi connectivity index (χ1) is 9.60. The third-order valence-electron chi connectivity index (χ3n) is 3.35. The van der Waals surface area contributed by atoms with Crippen molar-refractivity contribution in [2.24, 2.45) is 0 Å². The average molecular weight is 281 g/mol. The van der Waals surface area contributed by atoms with Crippen LogP contribution in [-0.4, -0.2) is 71.7 Å². The van der Waals surface area contributed by atoms with Crippen molar-refractivity contribution in [3.8, 4) is 0 Å². The van der Waals surface area contributed by atoms with E-state index in [-0.39, 0.29) is 11.9 Å². The van der Waals surface area contributed by atoms with Gasteiger partial charge in [0.05, 0.1) is 13.5 Å². The Balaban J connectivity index is 1.79. The van der Waals surface area contributed by atoms with Crippen LogP contribution in [0.25, 0.3) is 0 Å². The van der Waals surface area contributed by atoms with Crippen molar-refractivity contribution in [3.63, 3.8) is 0 Å². The first kappa shape index (κ1) is 14.3. The van der Waals surface area contributed by atoms with Gasteiger partial charge in [0.1, 0.15) is 11.5 Å². The number of hydrogen-bond donors (Lipinski definition) is 2. The number of H-pyrrole nitrogens is 1. The van der Waals surface area contributed by atoms with Gasteiger partial charge in [-0.3, -0.25) is 19.6 Å². The van der Waals surface area contributed by atoms with E-state index in [1.54, 1.807) is 4.90 Å². The van der Waals surface area contributed by atoms with E-state index in [9.17, 15) is 9.59 Å². The molecule has 1 fully saturated rings. The summed E-state index contributed by atoms with van der Waals surface area (Å²) in [5, 5.41) is 6.37. The molecule has 1 amide bonds. The van der Waals surface area contributed by atoms with Crippen LogP contribution in [0, 0.1) is 0 Å². The van der Waals surface area contributed by atoms with E-state index in [0.717, 1.165) is 13.1 Å². The summed E-state index contributed by atoms with van der Waals surface area (Å²) < 4.78 is 4.61. The highest BCUT2D eigenvalue weighted by Crippen LogP contribution is 2.09. The minimum Gasteiger partial charge on any atom is -0.469 e. The van der Waals surface area contributed by atoms with Gasteiger partial charge in [0, 0.05) is 38.8 Å². The summed E-state index contributed by atoms with van der Waals surface area (Å²) in [4.78, 5) is 27.1. The number of piperazine rings is 1. The van der Waals surface area contributed by atoms with Crippen molar-refractivity contribution >= 4 is 17.7 Å². The minimum absolute atomic E-state index is 0.0955. The second-order valence-electron chi connectivity index (χ2n) is 4.67. The molecule has 1 aromatic rings. The van der Waals surface area contributed by atoms with Crippen LogP contribution in [0.15, 0.2) is 6.07 Å². The maximum Gasteiger partial charge on any atom is 0.306 e. The van der Waals surface area contributed by atoms with Crippen LogP contribution in [0.3, 0.4) is 0 Å². The molecular weight excluding hydrogens is 262 g/mol. The van der Waals surface area contributed by atoms with Crippen molar-refractivity contribution in [1.29, 1.82) is 0 Å². The molecule has 0 atom stereocenters. The molecule has 110 valence electrons. The van der Waals surface area contributed by atoms with E-state index in [1.165, 1.54) is 13.2 Å². The molecule has 0 unspecified atom stereocenters. The smallest absolute Gasteiger partial charge is 0.306 e. The summed E-state index contributed by atoms with van der Waals surface area (Å²) in [6.45, 7) is 3.39. The average Bonchev–Trinajstić information content (AvgIpc) is 2.91. The van der Waals surface area contributed by atoms with Crippen LogP contribution in [0.1, 0.15) is 16.9 Å². The SMILES string of the molecule is COC(=O)CCN1CCN(C(=O)c2cc(N)n[nH]2)CC1. The Morgan fingerprint density at radius 3 is 2.65 bits per heavy atom. The number of aromatic nitrogens is 2. The number of amides is 1. The predicted molar refractivity (Wildman–Crippen MR) is 72.0 cm³/mol. The van der Waals surface area contributed by atoms with Gasteiger partial charge in [-0.15, -0.1) is 0 Å². The molecule has 1 saturated heterocycles. The first-order valence-electron chi connectivity index (χ1n) is 6.49. The monoisotopic (exact) mass is 281 g/mol. The van der Waals surface area contributed by atoms with E-state index in [1.807, 2.05) is 0 Å². The van der Waals surface area contributed by atoms with Gasteiger partial charge in [-0.25, -0.2) is 0 Å². The van der Waals surface area contributed by atoms with Gasteiger partial charge >= 0.3 is 5.97 Å². The summed E-state index contributed by atoms with van der Waals surface area (Å²) in [6, 6.07) is 1.53. The Morgan fingerprint density at radius 1 is 1.40 bits per heavy atom. The van der Waals surface area contributed by atoms with Crippen molar-refractivity contribution in [2.45, 2.75) is 6.42 Å². The van der Waals surface area contributed by atoms with Crippen molar-refractivity contribution in [2.75, 3.05) is 45.6 Å². The molecule has 0 spiro atoms. The zero-order valence-electron chi connectivity index (χ0n) is 11.5. The van der Waals surface area contributed by atoms with Crippen molar-refractivity contribution in [1.82, 2.24) is 20.0 Å². The lowest BCUT2D eigenvalue weighted by atomic mass is 10.2. The highest BCUT2D eigenvalue weighted by Gasteiger charge is 2.23. The molecule has 0 radical (unpaired) electrons. The fourth-order valence-corrected chi connectivity index (χ4v) is 2.14. The fourth-order valence-electron chi connectivity index (χ4n) is 2.14. The number of rotatable bonds is 4. The number of nitrogens with one attached hydrogen (secondary N) is 1. The Hall–Kier alpha value is -2.09. The number of anilines is 1. The van der Waals surface area contributed by atoms with Gasteiger partial charge in [-0.1, -0.05) is 0 Å². The summed E-state index contributed by atoms with van der Waals surface area (Å²) in [5.74, 6) is 0.00308. The summed E-state index contributed by atoms with van der Waals surface area (Å²) in [7, 11) is 1.38. The number of esters is 1. The van der Waals surface area contributed by atoms with Crippen LogP contribution >= 0.6 is 0 Å². The number of methoxy groups -OCH3 is 1. The molecule has 1 aliphatic heterocycles. The first-order valence-corrected chi connectivity index (χ1v) is 6.49. The number of nitrogens with zero attached hydrogens (tertiary/aromatic N) is 3. The molecule has 2 rings (SSSR count). The largest absolute Gasteiger partial charge is 0.469 e. The number of nitrogen functional groups attached to an aromatic ring is 1. The Labute approximate surface area is 116 Å². The van der Waals surface area contributed by atoms with Gasteiger partial charge in [0.25, 0.3) is 5.91 Å². The van der Waals surface area contributed by atoms with Gasteiger partial charge in [0.15, 0.2) is 0 Å². The molecule has 0 bridgehead atoms. The molecule has 1 aromatic heterocycles. The molecule has 0 aromatic carbocycles. The Bertz CT molecular complexity index is 479. The molecule has 0 saturated carbocycles. The summed E-state index contributed by atoms with van der Waals surface area (Å²) in [6.07, 6.45) is 0.377. The standard InChI is InChI=1S/C12H19N5O3/c1-20-11(18)2-3-16-4-6-17(7-5-16)12(19)9-8-10(13)15-14-9/h8H,2-7H2,1H3,(H3,13,14,15). The van der Waals surface area contributed by atoms with E-state index in [4.69, 9.17) is 5.73 Å². The zero-order valence-corrected chi connectivity index (χ0v) is 11.5. The molecule has 0 aliphatic carbocycles. The van der Waals surface area contributed by atoms with E-state index in [0.29, 0.717) is 37.6 Å². The minimum atomic E-state index is -0.212. The Morgan fingerprint density at radius 2 is 2.10 bits per heavy atom. The van der Waals surface area contributed by atoms with E-state index < -0.39 is 0 Å². The maximum atomic E-state index is 12.1. The van der Waals surface area contributed by atoms with Crippen LogP contribution in [-0.2, 0) is 9.53 Å². The number of carbonyl (C=O) groups excluding carboxylic acids is 2. The second kappa shape index (κ2) is 6.38. The van der Waals surface area contributed by atoms with E-state index >= 15 is 0 Å². The Kier molecular flexibility index (Phi) is 4.57. The topological polar surface area (TPSA) is 105 Å². The molecule has 2 heterocycles. The quantitative estimate of drug-likeness (QED) is 0.708. The lowest BCUT2D eigenvalue weighted by Gasteiger charge is -2.34. The molecule has 20 heavy (non-hydrogen) atoms. The van der Waals surface area contributed by atoms with Crippen LogP contribution in [0.5, 0.6) is 0 Å². The normalized spacial score (nSPS) is 16.1. The van der Waals surface area contributed by atoms with Crippen LogP contribution in [0.2, 0.25) is 0 Å². The van der Waals surface area contributed by atoms with Gasteiger partial charge in [-0.2, -0.15) is 5.10 Å². The fraction of sp³-hybridized carbons (Fsp3) is 0.583. The second-order valence-corrected chi connectivity index (χ2v) is 4.67.